The summed E-state index contributed by atoms with van der Waals surface area (Å²) in [4.78, 5) is 29.6. The van der Waals surface area contributed by atoms with Crippen molar-refractivity contribution in [1.29, 1.82) is 0 Å². The van der Waals surface area contributed by atoms with Crippen LogP contribution >= 0.6 is 0 Å². The molecule has 0 spiro atoms. The first-order valence-electron chi connectivity index (χ1n) is 11.9. The monoisotopic (exact) mass is 444 g/mol. The molecular formula is C24H36N4O4. The van der Waals surface area contributed by atoms with E-state index >= 15 is 0 Å². The minimum atomic E-state index is -0.212. The Hall–Kier alpha value is -2.32. The van der Waals surface area contributed by atoms with Gasteiger partial charge in [-0.1, -0.05) is 0 Å². The van der Waals surface area contributed by atoms with Crippen molar-refractivity contribution in [1.82, 2.24) is 15.1 Å². The van der Waals surface area contributed by atoms with E-state index in [0.29, 0.717) is 24.5 Å². The molecule has 2 heterocycles. The fourth-order valence-corrected chi connectivity index (χ4v) is 4.84. The summed E-state index contributed by atoms with van der Waals surface area (Å²) in [5, 5.41) is 5.87. The summed E-state index contributed by atoms with van der Waals surface area (Å²) in [5.41, 5.74) is 0.728. The van der Waals surface area contributed by atoms with Crippen molar-refractivity contribution < 1.29 is 19.1 Å². The number of nitrogens with one attached hydrogen (secondary N) is 2. The van der Waals surface area contributed by atoms with Crippen LogP contribution in [0.1, 0.15) is 38.5 Å². The molecule has 0 aromatic heterocycles. The summed E-state index contributed by atoms with van der Waals surface area (Å²) in [7, 11) is 1.62. The number of rotatable bonds is 8. The number of hydrogen-bond acceptors (Lipinski definition) is 5. The standard InChI is InChI=1S/C24H36N4O4/c1-31-22-8-6-19(7-9-22)26-24(30)25-12-14-28(20-10-15-32-16-11-20)21-3-2-13-27(17-21)23(29)18-4-5-18/h6-9,18,20-21H,2-5,10-17H2,1H3,(H2,25,26,30). The van der Waals surface area contributed by atoms with Crippen molar-refractivity contribution >= 4 is 17.6 Å². The molecule has 0 radical (unpaired) electrons. The fourth-order valence-electron chi connectivity index (χ4n) is 4.84. The molecule has 3 aliphatic rings. The molecule has 176 valence electrons. The van der Waals surface area contributed by atoms with Crippen LogP contribution in [0.3, 0.4) is 0 Å². The molecule has 3 amide bonds. The van der Waals surface area contributed by atoms with Crippen molar-refractivity contribution in [3.05, 3.63) is 24.3 Å². The molecule has 1 saturated carbocycles. The van der Waals surface area contributed by atoms with Gasteiger partial charge in [0.15, 0.2) is 0 Å². The van der Waals surface area contributed by atoms with Crippen LogP contribution in [-0.2, 0) is 9.53 Å². The second-order valence-corrected chi connectivity index (χ2v) is 9.05. The smallest absolute Gasteiger partial charge is 0.319 e. The molecule has 1 aliphatic carbocycles. The summed E-state index contributed by atoms with van der Waals surface area (Å²) >= 11 is 0. The lowest BCUT2D eigenvalue weighted by molar-refractivity contribution is -0.135. The van der Waals surface area contributed by atoms with Crippen molar-refractivity contribution in [2.75, 3.05) is 51.8 Å². The van der Waals surface area contributed by atoms with Gasteiger partial charge in [0.1, 0.15) is 5.75 Å². The van der Waals surface area contributed by atoms with E-state index in [9.17, 15) is 9.59 Å². The summed E-state index contributed by atoms with van der Waals surface area (Å²) in [6.45, 7) is 4.60. The van der Waals surface area contributed by atoms with Gasteiger partial charge < -0.3 is 25.0 Å². The zero-order chi connectivity index (χ0) is 22.3. The predicted molar refractivity (Wildman–Crippen MR) is 123 cm³/mol. The molecule has 1 aromatic carbocycles. The molecule has 3 fully saturated rings. The molecule has 0 bridgehead atoms. The fraction of sp³-hybridized carbons (Fsp3) is 0.667. The topological polar surface area (TPSA) is 83.1 Å². The summed E-state index contributed by atoms with van der Waals surface area (Å²) in [6.07, 6.45) is 6.27. The van der Waals surface area contributed by atoms with Crippen molar-refractivity contribution in [3.63, 3.8) is 0 Å². The van der Waals surface area contributed by atoms with E-state index < -0.39 is 0 Å². The van der Waals surface area contributed by atoms with Gasteiger partial charge in [-0.3, -0.25) is 9.69 Å². The maximum absolute atomic E-state index is 12.6. The summed E-state index contributed by atoms with van der Waals surface area (Å²) < 4.78 is 10.7. The number of ether oxygens (including phenoxy) is 2. The highest BCUT2D eigenvalue weighted by molar-refractivity contribution is 5.89. The number of urea groups is 1. The van der Waals surface area contributed by atoms with E-state index in [2.05, 4.69) is 20.4 Å². The second-order valence-electron chi connectivity index (χ2n) is 9.05. The van der Waals surface area contributed by atoms with Gasteiger partial charge in [-0.2, -0.15) is 0 Å². The van der Waals surface area contributed by atoms with E-state index in [4.69, 9.17) is 9.47 Å². The Kier molecular flexibility index (Phi) is 7.86. The number of benzene rings is 1. The summed E-state index contributed by atoms with van der Waals surface area (Å²) in [5.74, 6) is 1.37. The normalized spacial score (nSPS) is 21.9. The van der Waals surface area contributed by atoms with Gasteiger partial charge in [0.25, 0.3) is 0 Å². The highest BCUT2D eigenvalue weighted by Gasteiger charge is 2.37. The molecule has 32 heavy (non-hydrogen) atoms. The first-order valence-corrected chi connectivity index (χ1v) is 11.9. The number of amides is 3. The lowest BCUT2D eigenvalue weighted by Crippen LogP contribution is -2.55. The number of carbonyl (C=O) groups excluding carboxylic acids is 2. The molecule has 1 atom stereocenters. The molecule has 8 nitrogen and oxygen atoms in total. The van der Waals surface area contributed by atoms with E-state index in [1.165, 1.54) is 0 Å². The Labute approximate surface area is 190 Å². The highest BCUT2D eigenvalue weighted by atomic mass is 16.5. The highest BCUT2D eigenvalue weighted by Crippen LogP contribution is 2.32. The van der Waals surface area contributed by atoms with Crippen LogP contribution in [0.5, 0.6) is 5.75 Å². The van der Waals surface area contributed by atoms with Crippen molar-refractivity contribution in [2.24, 2.45) is 5.92 Å². The third kappa shape index (κ3) is 6.13. The van der Waals surface area contributed by atoms with Gasteiger partial charge in [0, 0.05) is 63.1 Å². The van der Waals surface area contributed by atoms with Crippen LogP contribution in [0.2, 0.25) is 0 Å². The quantitative estimate of drug-likeness (QED) is 0.644. The van der Waals surface area contributed by atoms with Crippen LogP contribution in [-0.4, -0.2) is 80.3 Å². The molecule has 1 aromatic rings. The Morgan fingerprint density at radius 1 is 1.09 bits per heavy atom. The molecular weight excluding hydrogens is 408 g/mol. The average Bonchev–Trinajstić information content (AvgIpc) is 3.68. The first-order chi connectivity index (χ1) is 15.6. The van der Waals surface area contributed by atoms with Crippen molar-refractivity contribution in [2.45, 2.75) is 50.6 Å². The maximum Gasteiger partial charge on any atom is 0.319 e. The Morgan fingerprint density at radius 2 is 1.84 bits per heavy atom. The third-order valence-electron chi connectivity index (χ3n) is 6.77. The van der Waals surface area contributed by atoms with E-state index in [1.54, 1.807) is 7.11 Å². The van der Waals surface area contributed by atoms with Gasteiger partial charge in [-0.05, 0) is 62.8 Å². The van der Waals surface area contributed by atoms with Crippen LogP contribution in [0.25, 0.3) is 0 Å². The number of piperidine rings is 1. The molecule has 2 aliphatic heterocycles. The Balaban J connectivity index is 1.31. The SMILES string of the molecule is COc1ccc(NC(=O)NCCN(C2CCOCC2)C2CCCN(C(=O)C3CC3)C2)cc1. The van der Waals surface area contributed by atoms with E-state index in [-0.39, 0.29) is 11.9 Å². The number of anilines is 1. The Bertz CT molecular complexity index is 762. The molecule has 8 heteroatoms. The van der Waals surface area contributed by atoms with Crippen molar-refractivity contribution in [3.8, 4) is 5.75 Å². The van der Waals surface area contributed by atoms with Gasteiger partial charge in [0.2, 0.25) is 5.91 Å². The van der Waals surface area contributed by atoms with E-state index in [0.717, 1.165) is 82.8 Å². The molecule has 4 rings (SSSR count). The third-order valence-corrected chi connectivity index (χ3v) is 6.77. The van der Waals surface area contributed by atoms with Crippen LogP contribution in [0, 0.1) is 5.92 Å². The summed E-state index contributed by atoms with van der Waals surface area (Å²) in [6, 6.07) is 7.86. The predicted octanol–water partition coefficient (Wildman–Crippen LogP) is 2.70. The largest absolute Gasteiger partial charge is 0.497 e. The minimum Gasteiger partial charge on any atom is -0.497 e. The van der Waals surface area contributed by atoms with Gasteiger partial charge >= 0.3 is 6.03 Å². The lowest BCUT2D eigenvalue weighted by atomic mass is 9.98. The van der Waals surface area contributed by atoms with Gasteiger partial charge in [0.05, 0.1) is 7.11 Å². The number of likely N-dealkylation sites (tertiary alicyclic amines) is 1. The molecule has 1 unspecified atom stereocenters. The average molecular weight is 445 g/mol. The number of hydrogen-bond donors (Lipinski definition) is 2. The Morgan fingerprint density at radius 3 is 2.53 bits per heavy atom. The van der Waals surface area contributed by atoms with Crippen LogP contribution < -0.4 is 15.4 Å². The van der Waals surface area contributed by atoms with Gasteiger partial charge in [-0.15, -0.1) is 0 Å². The minimum absolute atomic E-state index is 0.212. The number of nitrogens with zero attached hydrogens (tertiary/aromatic N) is 2. The molecule has 2 saturated heterocycles. The van der Waals surface area contributed by atoms with Crippen LogP contribution in [0.15, 0.2) is 24.3 Å². The van der Waals surface area contributed by atoms with E-state index in [1.807, 2.05) is 24.3 Å². The van der Waals surface area contributed by atoms with Gasteiger partial charge in [-0.25, -0.2) is 4.79 Å². The number of carbonyl (C=O) groups is 2. The zero-order valence-corrected chi connectivity index (χ0v) is 19.1. The molecule has 2 N–H and O–H groups in total. The second kappa shape index (κ2) is 11.0. The number of methoxy groups -OCH3 is 1. The first kappa shape index (κ1) is 22.9. The zero-order valence-electron chi connectivity index (χ0n) is 19.1. The maximum atomic E-state index is 12.6. The van der Waals surface area contributed by atoms with Crippen LogP contribution in [0.4, 0.5) is 10.5 Å². The lowest BCUT2D eigenvalue weighted by Gasteiger charge is -2.44.